The van der Waals surface area contributed by atoms with Crippen molar-refractivity contribution in [3.8, 4) is 0 Å². The van der Waals surface area contributed by atoms with E-state index in [4.69, 9.17) is 28.4 Å². The molecule has 10 atom stereocenters. The second-order valence-corrected chi connectivity index (χ2v) is 18.0. The second kappa shape index (κ2) is 19.6. The zero-order valence-corrected chi connectivity index (χ0v) is 35.9. The summed E-state index contributed by atoms with van der Waals surface area (Å²) in [7, 11) is 7.52. The highest BCUT2D eigenvalue weighted by atomic mass is 16.7. The Hall–Kier alpha value is -3.10. The van der Waals surface area contributed by atoms with Crippen LogP contribution in [-0.4, -0.2) is 141 Å². The number of carbonyl (C=O) groups excluding carboxylic acids is 4. The van der Waals surface area contributed by atoms with Gasteiger partial charge >= 0.3 is 18.0 Å². The van der Waals surface area contributed by atoms with Crippen LogP contribution in [0.25, 0.3) is 0 Å². The summed E-state index contributed by atoms with van der Waals surface area (Å²) in [6.45, 7) is 17.0. The van der Waals surface area contributed by atoms with E-state index in [0.717, 1.165) is 19.3 Å². The van der Waals surface area contributed by atoms with E-state index in [1.165, 1.54) is 0 Å². The van der Waals surface area contributed by atoms with Gasteiger partial charge in [-0.2, -0.15) is 0 Å². The molecule has 0 aliphatic carbocycles. The van der Waals surface area contributed by atoms with Crippen molar-refractivity contribution in [1.29, 1.82) is 0 Å². The number of rotatable bonds is 8. The van der Waals surface area contributed by atoms with E-state index in [9.17, 15) is 19.2 Å². The van der Waals surface area contributed by atoms with Crippen molar-refractivity contribution in [3.05, 3.63) is 35.9 Å². The molecule has 0 bridgehead atoms. The van der Waals surface area contributed by atoms with Crippen LogP contribution in [-0.2, 0) is 38.0 Å². The summed E-state index contributed by atoms with van der Waals surface area (Å²) in [6.07, 6.45) is 0.252. The normalized spacial score (nSPS) is 33.5. The number of ketones is 1. The lowest BCUT2D eigenvalue weighted by atomic mass is 9.78. The van der Waals surface area contributed by atoms with Gasteiger partial charge in [0.25, 0.3) is 0 Å². The number of amides is 1. The first-order valence-corrected chi connectivity index (χ1v) is 20.4. The van der Waals surface area contributed by atoms with Crippen LogP contribution in [0.1, 0.15) is 97.9 Å². The van der Waals surface area contributed by atoms with E-state index in [1.54, 1.807) is 50.1 Å². The first-order chi connectivity index (χ1) is 26.2. The van der Waals surface area contributed by atoms with Gasteiger partial charge in [0.2, 0.25) is 0 Å². The van der Waals surface area contributed by atoms with Crippen molar-refractivity contribution in [1.82, 2.24) is 14.7 Å². The Morgan fingerprint density at radius 1 is 1.02 bits per heavy atom. The summed E-state index contributed by atoms with van der Waals surface area (Å²) in [5.74, 6) is -2.92. The van der Waals surface area contributed by atoms with Crippen molar-refractivity contribution in [3.63, 3.8) is 0 Å². The third-order valence-electron chi connectivity index (χ3n) is 11.8. The number of hydrogen-bond acceptors (Lipinski definition) is 12. The Kier molecular flexibility index (Phi) is 15.9. The van der Waals surface area contributed by atoms with Gasteiger partial charge in [0, 0.05) is 38.7 Å². The number of ether oxygens (including phenoxy) is 6. The van der Waals surface area contributed by atoms with E-state index in [0.29, 0.717) is 44.0 Å². The van der Waals surface area contributed by atoms with E-state index in [2.05, 4.69) is 11.8 Å². The van der Waals surface area contributed by atoms with Crippen LogP contribution < -0.4 is 0 Å². The highest BCUT2D eigenvalue weighted by molar-refractivity contribution is 6.00. The lowest BCUT2D eigenvalue weighted by Crippen LogP contribution is -2.60. The fourth-order valence-electron chi connectivity index (χ4n) is 8.58. The van der Waals surface area contributed by atoms with Crippen molar-refractivity contribution in [2.24, 2.45) is 23.7 Å². The summed E-state index contributed by atoms with van der Waals surface area (Å²) in [5.41, 5.74) is -1.16. The number of nitrogens with zero attached hydrogens (tertiary/aromatic N) is 3. The molecule has 1 amide bonds. The number of benzene rings is 1. The summed E-state index contributed by atoms with van der Waals surface area (Å²) in [4.78, 5) is 60.1. The first kappa shape index (κ1) is 45.6. The number of hydrogen-bond donors (Lipinski definition) is 0. The SMILES string of the molecule is CO[C@]1(C)C[C@@H](C)CN(C)[C@H](CC2CCN(C(=O)OC(C)(C)C)CC2)COC(=O)C(C)C(=O)[C@H](C)[C@H]1O[C@@H]1O[C@H](C)C[C@H](N(C)C)[C@H]1OC(=O)c1ccccc1. The fraction of sp³-hybridized carbons (Fsp3) is 0.767. The largest absolute Gasteiger partial charge is 0.463 e. The maximum absolute atomic E-state index is 14.3. The Morgan fingerprint density at radius 2 is 1.66 bits per heavy atom. The van der Waals surface area contributed by atoms with Crippen LogP contribution in [0.3, 0.4) is 0 Å². The van der Waals surface area contributed by atoms with Crippen molar-refractivity contribution >= 4 is 23.8 Å². The molecule has 3 fully saturated rings. The Bertz CT molecular complexity index is 1460. The average Bonchev–Trinajstić information content (AvgIpc) is 3.14. The van der Waals surface area contributed by atoms with Gasteiger partial charge in [-0.3, -0.25) is 14.5 Å². The predicted molar refractivity (Wildman–Crippen MR) is 212 cm³/mol. The molecular formula is C43H69N3O10. The zero-order valence-electron chi connectivity index (χ0n) is 35.9. The summed E-state index contributed by atoms with van der Waals surface area (Å²) in [5, 5.41) is 0. The quantitative estimate of drug-likeness (QED) is 0.178. The van der Waals surface area contributed by atoms with Gasteiger partial charge in [0.1, 0.15) is 18.1 Å². The molecule has 3 heterocycles. The Morgan fingerprint density at radius 3 is 2.25 bits per heavy atom. The molecule has 3 aliphatic heterocycles. The van der Waals surface area contributed by atoms with Gasteiger partial charge in [0.05, 0.1) is 29.4 Å². The molecule has 0 aromatic heterocycles. The predicted octanol–water partition coefficient (Wildman–Crippen LogP) is 5.83. The van der Waals surface area contributed by atoms with Crippen LogP contribution in [0.4, 0.5) is 4.79 Å². The van der Waals surface area contributed by atoms with Gasteiger partial charge in [-0.1, -0.05) is 32.0 Å². The number of methoxy groups -OCH3 is 1. The minimum Gasteiger partial charge on any atom is -0.463 e. The summed E-state index contributed by atoms with van der Waals surface area (Å²) >= 11 is 0. The van der Waals surface area contributed by atoms with Gasteiger partial charge in [-0.05, 0) is 119 Å². The van der Waals surface area contributed by atoms with Crippen molar-refractivity contribution in [2.75, 3.05) is 54.5 Å². The minimum atomic E-state index is -1.06. The summed E-state index contributed by atoms with van der Waals surface area (Å²) in [6, 6.07) is 8.46. The molecule has 0 N–H and O–H groups in total. The lowest BCUT2D eigenvalue weighted by molar-refractivity contribution is -0.294. The van der Waals surface area contributed by atoms with Crippen LogP contribution >= 0.6 is 0 Å². The van der Waals surface area contributed by atoms with Crippen LogP contribution in [0.5, 0.6) is 0 Å². The highest BCUT2D eigenvalue weighted by Gasteiger charge is 2.50. The third kappa shape index (κ3) is 12.0. The van der Waals surface area contributed by atoms with Crippen molar-refractivity contribution < 1.29 is 47.6 Å². The number of likely N-dealkylation sites (tertiary alicyclic amines) is 1. The lowest BCUT2D eigenvalue weighted by Gasteiger charge is -2.47. The van der Waals surface area contributed by atoms with Crippen molar-refractivity contribution in [2.45, 2.75) is 135 Å². The number of cyclic esters (lactones) is 1. The smallest absolute Gasteiger partial charge is 0.410 e. The topological polar surface area (TPSA) is 133 Å². The maximum Gasteiger partial charge on any atom is 0.410 e. The molecule has 1 unspecified atom stereocenters. The molecule has 1 aromatic carbocycles. The molecular weight excluding hydrogens is 718 g/mol. The number of piperidine rings is 1. The monoisotopic (exact) mass is 787 g/mol. The average molecular weight is 788 g/mol. The van der Waals surface area contributed by atoms with E-state index in [-0.39, 0.29) is 42.6 Å². The molecule has 0 saturated carbocycles. The number of Topliss-reactive ketones (excluding diaryl/α,β-unsaturated/α-hetero) is 1. The molecule has 13 nitrogen and oxygen atoms in total. The summed E-state index contributed by atoms with van der Waals surface area (Å²) < 4.78 is 37.4. The number of likely N-dealkylation sites (N-methyl/N-ethyl adjacent to an activating group) is 2. The van der Waals surface area contributed by atoms with Crippen LogP contribution in [0, 0.1) is 23.7 Å². The Labute approximate surface area is 335 Å². The van der Waals surface area contributed by atoms with E-state index in [1.807, 2.05) is 66.7 Å². The second-order valence-electron chi connectivity index (χ2n) is 18.0. The first-order valence-electron chi connectivity index (χ1n) is 20.4. The van der Waals surface area contributed by atoms with Crippen LogP contribution in [0.15, 0.2) is 30.3 Å². The molecule has 13 heteroatoms. The van der Waals surface area contributed by atoms with Gasteiger partial charge in [-0.25, -0.2) is 9.59 Å². The van der Waals surface area contributed by atoms with E-state index >= 15 is 0 Å². The Balaban J connectivity index is 1.58. The van der Waals surface area contributed by atoms with E-state index < -0.39 is 53.5 Å². The molecule has 0 spiro atoms. The van der Waals surface area contributed by atoms with Gasteiger partial charge < -0.3 is 38.2 Å². The third-order valence-corrected chi connectivity index (χ3v) is 11.8. The molecule has 3 aliphatic rings. The molecule has 56 heavy (non-hydrogen) atoms. The molecule has 1 aromatic rings. The molecule has 316 valence electrons. The highest BCUT2D eigenvalue weighted by Crippen LogP contribution is 2.38. The molecule has 4 rings (SSSR count). The van der Waals surface area contributed by atoms with Gasteiger partial charge in [-0.15, -0.1) is 0 Å². The molecule has 3 saturated heterocycles. The van der Waals surface area contributed by atoms with Gasteiger partial charge in [0.15, 0.2) is 18.2 Å². The number of esters is 2. The zero-order chi connectivity index (χ0) is 41.5. The standard InChI is InChI=1S/C43H69N3O10/c1-27-24-43(8,51-12)37(55-40-36(34(44(9)10)22-28(2)53-40)54-39(49)32-16-14-13-15-17-32)29(3)35(47)30(4)38(48)52-26-33(45(11)25-27)23-31-18-20-46(21-19-31)41(50)56-42(5,6)7/h13-17,27-31,33-34,36-37,40H,18-26H2,1-12H3/t27-,28-,29+,30?,33-,34+,36-,37-,40+,43-/m1/s1. The molecule has 0 radical (unpaired) electrons. The van der Waals surface area contributed by atoms with Crippen LogP contribution in [0.2, 0.25) is 0 Å². The fourth-order valence-corrected chi connectivity index (χ4v) is 8.58. The maximum atomic E-state index is 14.3. The number of carbonyl (C=O) groups is 4. The minimum absolute atomic E-state index is 0.0659.